The van der Waals surface area contributed by atoms with Crippen LogP contribution in [0.1, 0.15) is 31.0 Å². The van der Waals surface area contributed by atoms with E-state index in [0.29, 0.717) is 42.4 Å². The third-order valence-corrected chi connectivity index (χ3v) is 8.57. The van der Waals surface area contributed by atoms with E-state index in [0.717, 1.165) is 11.5 Å². The van der Waals surface area contributed by atoms with Crippen LogP contribution in [0.2, 0.25) is 5.02 Å². The van der Waals surface area contributed by atoms with Crippen molar-refractivity contribution in [3.63, 3.8) is 0 Å². The summed E-state index contributed by atoms with van der Waals surface area (Å²) in [6, 6.07) is 13.4. The number of nitrogens with zero attached hydrogens (tertiary/aromatic N) is 7. The standard InChI is InChI=1S/C28H29ClFN7O2/c1-17-12-36(13-18(2)28(17,39)19-3-6-21(30)7-4-19)27(38)23-15-35(14-22(23)24-8-5-20(29)11-31-24)26-10-9-25-33-32-16-37(25)34-26/h3-11,16-18,22-23,39H,12-15H2,1-2H3/t17-,18+,22-,23-,28?/m1/s1. The van der Waals surface area contributed by atoms with Gasteiger partial charge in [0.2, 0.25) is 5.91 Å². The summed E-state index contributed by atoms with van der Waals surface area (Å²) < 4.78 is 15.2. The summed E-state index contributed by atoms with van der Waals surface area (Å²) in [5.41, 5.74) is 0.946. The summed E-state index contributed by atoms with van der Waals surface area (Å²) in [5, 5.41) is 24.8. The third kappa shape index (κ3) is 4.51. The predicted octanol–water partition coefficient (Wildman–Crippen LogP) is 3.53. The van der Waals surface area contributed by atoms with Crippen molar-refractivity contribution in [1.82, 2.24) is 29.7 Å². The number of aliphatic hydroxyl groups is 1. The molecule has 0 aliphatic carbocycles. The maximum Gasteiger partial charge on any atom is 0.228 e. The number of carbonyl (C=O) groups is 1. The van der Waals surface area contributed by atoms with Crippen molar-refractivity contribution >= 4 is 29.0 Å². The zero-order valence-electron chi connectivity index (χ0n) is 21.7. The molecule has 2 saturated heterocycles. The Morgan fingerprint density at radius 3 is 2.46 bits per heavy atom. The molecule has 3 aromatic heterocycles. The van der Waals surface area contributed by atoms with E-state index in [-0.39, 0.29) is 35.4 Å². The SMILES string of the molecule is C[C@@H]1CN(C(=O)[C@@H]2CN(c3ccc4nncn4n3)C[C@H]2c2ccc(Cl)cn2)C[C@H](C)C1(O)c1ccc(F)cc1. The highest BCUT2D eigenvalue weighted by atomic mass is 35.5. The lowest BCUT2D eigenvalue weighted by atomic mass is 9.70. The van der Waals surface area contributed by atoms with Gasteiger partial charge >= 0.3 is 0 Å². The maximum absolute atomic E-state index is 14.2. The number of pyridine rings is 1. The number of halogens is 2. The molecule has 1 aromatic carbocycles. The van der Waals surface area contributed by atoms with E-state index in [1.54, 1.807) is 35.2 Å². The van der Waals surface area contributed by atoms with Gasteiger partial charge in [-0.25, -0.2) is 4.39 Å². The van der Waals surface area contributed by atoms with E-state index in [1.807, 2.05) is 36.9 Å². The molecule has 0 bridgehead atoms. The van der Waals surface area contributed by atoms with Gasteiger partial charge in [-0.1, -0.05) is 37.6 Å². The van der Waals surface area contributed by atoms with Gasteiger partial charge in [0, 0.05) is 55.8 Å². The molecule has 1 unspecified atom stereocenters. The number of aromatic nitrogens is 5. The monoisotopic (exact) mass is 549 g/mol. The van der Waals surface area contributed by atoms with Crippen LogP contribution in [0.5, 0.6) is 0 Å². The first-order chi connectivity index (χ1) is 18.7. The van der Waals surface area contributed by atoms with E-state index < -0.39 is 5.60 Å². The van der Waals surface area contributed by atoms with Gasteiger partial charge in [-0.3, -0.25) is 9.78 Å². The molecule has 4 aromatic rings. The van der Waals surface area contributed by atoms with Gasteiger partial charge in [-0.15, -0.1) is 15.3 Å². The summed E-state index contributed by atoms with van der Waals surface area (Å²) in [6.07, 6.45) is 3.16. The smallest absolute Gasteiger partial charge is 0.228 e. The zero-order valence-corrected chi connectivity index (χ0v) is 22.4. The summed E-state index contributed by atoms with van der Waals surface area (Å²) in [6.45, 7) is 5.69. The molecule has 11 heteroatoms. The van der Waals surface area contributed by atoms with Crippen molar-refractivity contribution in [2.24, 2.45) is 17.8 Å². The van der Waals surface area contributed by atoms with Crippen molar-refractivity contribution in [3.05, 3.63) is 83.2 Å². The van der Waals surface area contributed by atoms with E-state index >= 15 is 0 Å². The minimum Gasteiger partial charge on any atom is -0.384 e. The van der Waals surface area contributed by atoms with Crippen molar-refractivity contribution < 1.29 is 14.3 Å². The van der Waals surface area contributed by atoms with Crippen molar-refractivity contribution in [2.75, 3.05) is 31.1 Å². The molecular formula is C28H29ClFN7O2. The number of amides is 1. The molecule has 202 valence electrons. The Morgan fingerprint density at radius 2 is 1.77 bits per heavy atom. The third-order valence-electron chi connectivity index (χ3n) is 8.35. The molecule has 5 atom stereocenters. The number of likely N-dealkylation sites (tertiary alicyclic amines) is 1. The Morgan fingerprint density at radius 1 is 1.03 bits per heavy atom. The number of anilines is 1. The fourth-order valence-corrected chi connectivity index (χ4v) is 6.35. The topological polar surface area (TPSA) is 99.8 Å². The van der Waals surface area contributed by atoms with Crippen molar-refractivity contribution in [1.29, 1.82) is 0 Å². The van der Waals surface area contributed by atoms with E-state index in [1.165, 1.54) is 12.1 Å². The molecule has 2 fully saturated rings. The minimum absolute atomic E-state index is 0.0180. The van der Waals surface area contributed by atoms with Crippen LogP contribution in [0.15, 0.2) is 61.1 Å². The number of benzene rings is 1. The van der Waals surface area contributed by atoms with Crippen LogP contribution in [0.4, 0.5) is 10.2 Å². The van der Waals surface area contributed by atoms with Crippen LogP contribution in [-0.4, -0.2) is 66.9 Å². The number of hydrogen-bond acceptors (Lipinski definition) is 7. The molecule has 1 amide bonds. The normalized spacial score (nSPS) is 27.3. The fourth-order valence-electron chi connectivity index (χ4n) is 6.23. The highest BCUT2D eigenvalue weighted by molar-refractivity contribution is 6.30. The summed E-state index contributed by atoms with van der Waals surface area (Å²) >= 11 is 6.11. The minimum atomic E-state index is -1.17. The molecular weight excluding hydrogens is 521 g/mol. The van der Waals surface area contributed by atoms with Gasteiger partial charge in [-0.2, -0.15) is 4.52 Å². The van der Waals surface area contributed by atoms with Crippen molar-refractivity contribution in [2.45, 2.75) is 25.4 Å². The second kappa shape index (κ2) is 9.84. The van der Waals surface area contributed by atoms with E-state index in [2.05, 4.69) is 25.2 Å². The lowest BCUT2D eigenvalue weighted by molar-refractivity contribution is -0.152. The summed E-state index contributed by atoms with van der Waals surface area (Å²) in [7, 11) is 0. The first-order valence-electron chi connectivity index (χ1n) is 13.0. The largest absolute Gasteiger partial charge is 0.384 e. The van der Waals surface area contributed by atoms with Gasteiger partial charge in [0.05, 0.1) is 16.5 Å². The van der Waals surface area contributed by atoms with Crippen LogP contribution in [0, 0.1) is 23.6 Å². The Labute approximate surface area is 230 Å². The quantitative estimate of drug-likeness (QED) is 0.416. The molecule has 5 heterocycles. The lowest BCUT2D eigenvalue weighted by Gasteiger charge is -2.48. The molecule has 2 aliphatic heterocycles. The molecule has 1 N–H and O–H groups in total. The first-order valence-corrected chi connectivity index (χ1v) is 13.4. The molecule has 39 heavy (non-hydrogen) atoms. The highest BCUT2D eigenvalue weighted by Crippen LogP contribution is 2.43. The molecule has 0 saturated carbocycles. The lowest BCUT2D eigenvalue weighted by Crippen LogP contribution is -2.57. The van der Waals surface area contributed by atoms with Crippen molar-refractivity contribution in [3.8, 4) is 0 Å². The Hall–Kier alpha value is -3.63. The van der Waals surface area contributed by atoms with E-state index in [9.17, 15) is 14.3 Å². The number of piperidine rings is 1. The van der Waals surface area contributed by atoms with Gasteiger partial charge in [0.1, 0.15) is 18.0 Å². The van der Waals surface area contributed by atoms with E-state index in [4.69, 9.17) is 11.6 Å². The van der Waals surface area contributed by atoms with Gasteiger partial charge in [0.25, 0.3) is 0 Å². The first kappa shape index (κ1) is 25.6. The number of hydrogen-bond donors (Lipinski definition) is 1. The Kier molecular flexibility index (Phi) is 6.47. The number of carbonyl (C=O) groups excluding carboxylic acids is 1. The van der Waals surface area contributed by atoms with Gasteiger partial charge in [-0.05, 0) is 42.0 Å². The Bertz CT molecular complexity index is 1480. The molecule has 9 nitrogen and oxygen atoms in total. The molecule has 2 aliphatic rings. The second-order valence-electron chi connectivity index (χ2n) is 10.7. The van der Waals surface area contributed by atoms with Crippen LogP contribution < -0.4 is 4.90 Å². The van der Waals surface area contributed by atoms with Crippen LogP contribution in [0.3, 0.4) is 0 Å². The molecule has 0 radical (unpaired) electrons. The second-order valence-corrected chi connectivity index (χ2v) is 11.2. The zero-order chi connectivity index (χ0) is 27.3. The van der Waals surface area contributed by atoms with Gasteiger partial charge < -0.3 is 14.9 Å². The van der Waals surface area contributed by atoms with Crippen LogP contribution >= 0.6 is 11.6 Å². The predicted molar refractivity (Wildman–Crippen MR) is 144 cm³/mol. The van der Waals surface area contributed by atoms with Crippen LogP contribution in [0.25, 0.3) is 5.65 Å². The maximum atomic E-state index is 14.2. The summed E-state index contributed by atoms with van der Waals surface area (Å²) in [4.78, 5) is 22.7. The molecule has 6 rings (SSSR count). The fraction of sp³-hybridized carbons (Fsp3) is 0.393. The van der Waals surface area contributed by atoms with Gasteiger partial charge in [0.15, 0.2) is 5.65 Å². The van der Waals surface area contributed by atoms with Crippen LogP contribution in [-0.2, 0) is 10.4 Å². The average Bonchev–Trinajstić information content (AvgIpc) is 3.59. The Balaban J connectivity index is 1.28. The molecule has 0 spiro atoms. The number of fused-ring (bicyclic) bond motifs is 1. The number of rotatable bonds is 4. The highest BCUT2D eigenvalue weighted by Gasteiger charge is 2.49. The summed E-state index contributed by atoms with van der Waals surface area (Å²) in [5.74, 6) is -0.644. The average molecular weight is 550 g/mol.